The van der Waals surface area contributed by atoms with Gasteiger partial charge in [-0.15, -0.1) is 0 Å². The van der Waals surface area contributed by atoms with Crippen LogP contribution in [-0.2, 0) is 19.5 Å². The number of benzene rings is 2. The molecular formula is C22H23FN2. The summed E-state index contributed by atoms with van der Waals surface area (Å²) in [6.07, 6.45) is 5.38. The quantitative estimate of drug-likeness (QED) is 0.668. The van der Waals surface area contributed by atoms with Crippen LogP contribution in [0.2, 0.25) is 0 Å². The summed E-state index contributed by atoms with van der Waals surface area (Å²) in [6.45, 7) is 4.86. The Balaban J connectivity index is 1.70. The van der Waals surface area contributed by atoms with Crippen LogP contribution in [0.15, 0.2) is 48.5 Å². The summed E-state index contributed by atoms with van der Waals surface area (Å²) >= 11 is 0. The Hall–Kier alpha value is -2.39. The second-order valence-electron chi connectivity index (χ2n) is 7.00. The summed E-state index contributed by atoms with van der Waals surface area (Å²) in [5.41, 5.74) is 6.25. The molecule has 0 N–H and O–H groups in total. The highest BCUT2D eigenvalue weighted by Gasteiger charge is 2.22. The van der Waals surface area contributed by atoms with Gasteiger partial charge in [-0.05, 0) is 43.3 Å². The van der Waals surface area contributed by atoms with Crippen LogP contribution in [0.1, 0.15) is 22.4 Å². The largest absolute Gasteiger partial charge is 0.340 e. The van der Waals surface area contributed by atoms with Gasteiger partial charge >= 0.3 is 0 Å². The monoisotopic (exact) mass is 334 g/mol. The molecule has 0 unspecified atom stereocenters. The minimum absolute atomic E-state index is 0.157. The molecule has 0 fully saturated rings. The molecule has 0 saturated carbocycles. The third kappa shape index (κ3) is 3.12. The topological polar surface area (TPSA) is 8.17 Å². The van der Waals surface area contributed by atoms with Crippen molar-refractivity contribution in [3.63, 3.8) is 0 Å². The summed E-state index contributed by atoms with van der Waals surface area (Å²) in [5, 5.41) is 1.06. The maximum atomic E-state index is 13.8. The lowest BCUT2D eigenvalue weighted by Crippen LogP contribution is -2.27. The Kier molecular flexibility index (Phi) is 4.18. The highest BCUT2D eigenvalue weighted by molar-refractivity contribution is 5.86. The first-order valence-electron chi connectivity index (χ1n) is 8.83. The van der Waals surface area contributed by atoms with E-state index in [1.165, 1.54) is 22.4 Å². The van der Waals surface area contributed by atoms with Crippen LogP contribution in [0.5, 0.6) is 0 Å². The van der Waals surface area contributed by atoms with Gasteiger partial charge in [-0.1, -0.05) is 42.0 Å². The second-order valence-corrected chi connectivity index (χ2v) is 7.00. The van der Waals surface area contributed by atoms with Gasteiger partial charge < -0.3 is 9.47 Å². The zero-order valence-electron chi connectivity index (χ0n) is 14.8. The van der Waals surface area contributed by atoms with E-state index < -0.39 is 0 Å². The van der Waals surface area contributed by atoms with Gasteiger partial charge in [0.25, 0.3) is 0 Å². The molecule has 3 aromatic rings. The van der Waals surface area contributed by atoms with Crippen molar-refractivity contribution in [3.8, 4) is 0 Å². The van der Waals surface area contributed by atoms with Crippen LogP contribution in [0.4, 0.5) is 4.39 Å². The number of allylic oxidation sites excluding steroid dienone is 1. The van der Waals surface area contributed by atoms with E-state index in [9.17, 15) is 4.39 Å². The zero-order valence-corrected chi connectivity index (χ0v) is 14.8. The van der Waals surface area contributed by atoms with Crippen molar-refractivity contribution in [1.82, 2.24) is 9.47 Å². The summed E-state index contributed by atoms with van der Waals surface area (Å²) in [5.74, 6) is -0.157. The minimum Gasteiger partial charge on any atom is -0.340 e. The molecule has 0 saturated heterocycles. The van der Waals surface area contributed by atoms with E-state index in [1.54, 1.807) is 12.1 Å². The van der Waals surface area contributed by atoms with Crippen LogP contribution in [0.25, 0.3) is 17.0 Å². The maximum absolute atomic E-state index is 13.8. The van der Waals surface area contributed by atoms with Gasteiger partial charge in [-0.25, -0.2) is 4.39 Å². The number of halogens is 1. The lowest BCUT2D eigenvalue weighted by atomic mass is 10.1. The number of aromatic nitrogens is 1. The van der Waals surface area contributed by atoms with Crippen molar-refractivity contribution in [2.45, 2.75) is 26.4 Å². The summed E-state index contributed by atoms with van der Waals surface area (Å²) in [6, 6.07) is 13.7. The third-order valence-electron chi connectivity index (χ3n) is 5.08. The first-order valence-corrected chi connectivity index (χ1v) is 8.83. The van der Waals surface area contributed by atoms with Gasteiger partial charge in [0.1, 0.15) is 5.82 Å². The summed E-state index contributed by atoms with van der Waals surface area (Å²) < 4.78 is 16.1. The zero-order chi connectivity index (χ0) is 17.4. The van der Waals surface area contributed by atoms with Crippen LogP contribution < -0.4 is 0 Å². The highest BCUT2D eigenvalue weighted by Crippen LogP contribution is 2.31. The second kappa shape index (κ2) is 6.49. The fourth-order valence-electron chi connectivity index (χ4n) is 3.74. The lowest BCUT2D eigenvalue weighted by molar-refractivity contribution is 0.310. The number of hydrogen-bond donors (Lipinski definition) is 0. The average molecular weight is 334 g/mol. The van der Waals surface area contributed by atoms with Crippen molar-refractivity contribution < 1.29 is 4.39 Å². The lowest BCUT2D eigenvalue weighted by Gasteiger charge is -2.24. The fourth-order valence-corrected chi connectivity index (χ4v) is 3.74. The van der Waals surface area contributed by atoms with E-state index in [2.05, 4.69) is 59.9 Å². The molecule has 2 heterocycles. The Morgan fingerprint density at radius 2 is 1.92 bits per heavy atom. The van der Waals surface area contributed by atoms with E-state index >= 15 is 0 Å². The number of fused-ring (bicyclic) bond motifs is 3. The molecule has 3 heteroatoms. The van der Waals surface area contributed by atoms with Crippen molar-refractivity contribution >= 4 is 17.0 Å². The molecule has 4 rings (SSSR count). The molecule has 1 aromatic heterocycles. The average Bonchev–Trinajstić information content (AvgIpc) is 2.89. The Morgan fingerprint density at radius 1 is 1.12 bits per heavy atom. The van der Waals surface area contributed by atoms with Crippen LogP contribution in [0.3, 0.4) is 0 Å². The van der Waals surface area contributed by atoms with Crippen molar-refractivity contribution in [2.24, 2.45) is 0 Å². The molecule has 0 amide bonds. The van der Waals surface area contributed by atoms with Crippen LogP contribution >= 0.6 is 0 Å². The van der Waals surface area contributed by atoms with E-state index in [-0.39, 0.29) is 5.82 Å². The number of aryl methyl sites for hydroxylation is 1. The first-order chi connectivity index (χ1) is 12.1. The Labute approximate surface area is 148 Å². The minimum atomic E-state index is -0.157. The number of hydrogen-bond acceptors (Lipinski definition) is 1. The first kappa shape index (κ1) is 16.1. The maximum Gasteiger partial charge on any atom is 0.123 e. The fraction of sp³-hybridized carbons (Fsp3) is 0.273. The molecule has 0 atom stereocenters. The molecule has 128 valence electrons. The van der Waals surface area contributed by atoms with E-state index in [4.69, 9.17) is 0 Å². The molecule has 25 heavy (non-hydrogen) atoms. The normalized spacial score (nSPS) is 15.2. The van der Waals surface area contributed by atoms with Crippen molar-refractivity contribution in [3.05, 3.63) is 76.7 Å². The molecule has 0 bridgehead atoms. The van der Waals surface area contributed by atoms with Crippen molar-refractivity contribution in [2.75, 3.05) is 13.6 Å². The smallest absolute Gasteiger partial charge is 0.123 e. The summed E-state index contributed by atoms with van der Waals surface area (Å²) in [4.78, 5) is 2.30. The molecule has 0 aliphatic carbocycles. The molecule has 1 aliphatic rings. The number of rotatable bonds is 3. The van der Waals surface area contributed by atoms with Gasteiger partial charge in [0.05, 0.1) is 0 Å². The van der Waals surface area contributed by atoms with Crippen molar-refractivity contribution in [1.29, 1.82) is 0 Å². The molecule has 1 aliphatic heterocycles. The standard InChI is InChI=1S/C22H23FN2/c1-16-5-7-17(8-6-16)4-3-12-25-21-10-9-18(23)14-19(21)20-15-24(2)13-11-22(20)25/h3-10,14H,11-13,15H2,1-2H3. The Bertz CT molecular complexity index is 935. The number of likely N-dealkylation sites (N-methyl/N-ethyl adjacent to an activating group) is 1. The number of nitrogens with zero attached hydrogens (tertiary/aromatic N) is 2. The summed E-state index contributed by atoms with van der Waals surface area (Å²) in [7, 11) is 2.13. The van der Waals surface area contributed by atoms with E-state index in [1.807, 2.05) is 6.07 Å². The van der Waals surface area contributed by atoms with Gasteiger partial charge in [0.2, 0.25) is 0 Å². The molecule has 2 nitrogen and oxygen atoms in total. The Morgan fingerprint density at radius 3 is 2.72 bits per heavy atom. The third-order valence-corrected chi connectivity index (χ3v) is 5.08. The predicted molar refractivity (Wildman–Crippen MR) is 102 cm³/mol. The van der Waals surface area contributed by atoms with Gasteiger partial charge in [-0.2, -0.15) is 0 Å². The molecule has 0 radical (unpaired) electrons. The van der Waals surface area contributed by atoms with Gasteiger partial charge in [0.15, 0.2) is 0 Å². The molecular weight excluding hydrogens is 311 g/mol. The van der Waals surface area contributed by atoms with E-state index in [0.717, 1.165) is 37.0 Å². The molecule has 0 spiro atoms. The van der Waals surface area contributed by atoms with E-state index in [0.29, 0.717) is 0 Å². The van der Waals surface area contributed by atoms with Crippen LogP contribution in [-0.4, -0.2) is 23.1 Å². The predicted octanol–water partition coefficient (Wildman–Crippen LogP) is 4.79. The molecule has 2 aromatic carbocycles. The highest BCUT2D eigenvalue weighted by atomic mass is 19.1. The SMILES string of the molecule is Cc1ccc(C=CCn2c3c(c4cc(F)ccc42)CN(C)CC3)cc1. The van der Waals surface area contributed by atoms with Gasteiger partial charge in [-0.3, -0.25) is 0 Å². The van der Waals surface area contributed by atoms with Crippen LogP contribution in [0, 0.1) is 12.7 Å². The van der Waals surface area contributed by atoms with Gasteiger partial charge in [0, 0.05) is 42.7 Å².